The van der Waals surface area contributed by atoms with Crippen molar-refractivity contribution in [2.45, 2.75) is 19.8 Å². The van der Waals surface area contributed by atoms with Crippen LogP contribution in [0.5, 0.6) is 17.2 Å². The molecule has 1 fully saturated rings. The van der Waals surface area contributed by atoms with Crippen molar-refractivity contribution in [2.75, 3.05) is 24.4 Å². The van der Waals surface area contributed by atoms with Crippen LogP contribution >= 0.6 is 0 Å². The molecule has 4 aliphatic rings. The number of para-hydroxylation sites is 1. The molecule has 1 aliphatic heterocycles. The zero-order valence-corrected chi connectivity index (χ0v) is 26.7. The summed E-state index contributed by atoms with van der Waals surface area (Å²) in [5, 5.41) is 13.7. The number of hydrogen-bond acceptors (Lipinski definition) is 8. The van der Waals surface area contributed by atoms with Gasteiger partial charge in [-0.1, -0.05) is 42.0 Å². The molecule has 1 saturated heterocycles. The second kappa shape index (κ2) is 12.2. The minimum Gasteiger partial charge on any atom is -0.502 e. The van der Waals surface area contributed by atoms with Gasteiger partial charge in [0, 0.05) is 34.0 Å². The zero-order chi connectivity index (χ0) is 33.7. The standard InChI is InChI=1S/C39H34N2O7/c1-21-17-31(42)34-27(14-9-22-18-32(47-2)37(44)33(19-22)48-3)26-15-16-28-35(29(26)20-30(34)36(21)43)39(46)41(38(28)45)25-12-10-24(11-13-25)40-23-7-5-4-6-8-23/h4-15,17-19,27-29,35,40,44H,16,20H2,1-3H3/t27-,28-,29+,35-/m0/s1. The second-order valence-corrected chi connectivity index (χ2v) is 12.5. The number of fused-ring (bicyclic) bond motifs is 3. The van der Waals surface area contributed by atoms with Crippen molar-refractivity contribution in [3.63, 3.8) is 0 Å². The number of anilines is 3. The van der Waals surface area contributed by atoms with Crippen LogP contribution in [0.3, 0.4) is 0 Å². The van der Waals surface area contributed by atoms with Gasteiger partial charge in [0.05, 0.1) is 31.7 Å². The second-order valence-electron chi connectivity index (χ2n) is 12.5. The fourth-order valence-corrected chi connectivity index (χ4v) is 7.51. The van der Waals surface area contributed by atoms with Crippen molar-refractivity contribution >= 4 is 46.5 Å². The number of phenols is 1. The first-order valence-corrected chi connectivity index (χ1v) is 15.8. The molecule has 0 unspecified atom stereocenters. The lowest BCUT2D eigenvalue weighted by molar-refractivity contribution is -0.123. The number of carbonyl (C=O) groups excluding carboxylic acids is 4. The number of phenolic OH excluding ortho intramolecular Hbond substituents is 1. The van der Waals surface area contributed by atoms with E-state index < -0.39 is 23.7 Å². The normalized spacial score (nSPS) is 23.4. The number of imide groups is 1. The van der Waals surface area contributed by atoms with Gasteiger partial charge in [0.15, 0.2) is 23.1 Å². The topological polar surface area (TPSA) is 122 Å². The third kappa shape index (κ3) is 5.12. The van der Waals surface area contributed by atoms with Crippen LogP contribution in [0.2, 0.25) is 0 Å². The predicted octanol–water partition coefficient (Wildman–Crippen LogP) is 6.33. The van der Waals surface area contributed by atoms with E-state index in [4.69, 9.17) is 9.47 Å². The molecular formula is C39H34N2O7. The summed E-state index contributed by atoms with van der Waals surface area (Å²) >= 11 is 0. The summed E-state index contributed by atoms with van der Waals surface area (Å²) in [5.41, 5.74) is 4.87. The summed E-state index contributed by atoms with van der Waals surface area (Å²) in [5.74, 6) is -2.99. The quantitative estimate of drug-likeness (QED) is 0.174. The van der Waals surface area contributed by atoms with Crippen molar-refractivity contribution in [1.29, 1.82) is 0 Å². The van der Waals surface area contributed by atoms with Crippen LogP contribution < -0.4 is 19.7 Å². The number of aromatic hydroxyl groups is 1. The first kappa shape index (κ1) is 30.9. The van der Waals surface area contributed by atoms with Crippen LogP contribution in [0.4, 0.5) is 17.1 Å². The Morgan fingerprint density at radius 1 is 0.875 bits per heavy atom. The van der Waals surface area contributed by atoms with Crippen molar-refractivity contribution in [1.82, 2.24) is 0 Å². The van der Waals surface area contributed by atoms with E-state index in [2.05, 4.69) is 5.32 Å². The van der Waals surface area contributed by atoms with Gasteiger partial charge in [0.2, 0.25) is 17.6 Å². The number of allylic oxidation sites excluding steroid dienone is 7. The molecule has 2 amide bonds. The fourth-order valence-electron chi connectivity index (χ4n) is 7.51. The molecule has 0 aromatic heterocycles. The molecule has 1 heterocycles. The molecule has 0 spiro atoms. The molecule has 242 valence electrons. The number of nitrogens with one attached hydrogen (secondary N) is 1. The van der Waals surface area contributed by atoms with E-state index in [9.17, 15) is 24.3 Å². The minimum absolute atomic E-state index is 0.134. The highest BCUT2D eigenvalue weighted by Gasteiger charge is 2.56. The van der Waals surface area contributed by atoms with Crippen molar-refractivity contribution in [2.24, 2.45) is 23.7 Å². The predicted molar refractivity (Wildman–Crippen MR) is 181 cm³/mol. The van der Waals surface area contributed by atoms with E-state index in [1.807, 2.05) is 54.6 Å². The molecule has 9 nitrogen and oxygen atoms in total. The summed E-state index contributed by atoms with van der Waals surface area (Å²) in [6.07, 6.45) is 7.54. The Hall–Kier alpha value is -5.70. The number of Topliss-reactive ketones (excluding diaryl/α,β-unsaturated/α-hetero) is 1. The molecule has 4 atom stereocenters. The fraction of sp³-hybridized carbons (Fsp3) is 0.231. The van der Waals surface area contributed by atoms with Crippen LogP contribution in [0, 0.1) is 23.7 Å². The van der Waals surface area contributed by atoms with Gasteiger partial charge in [-0.05, 0) is 85.9 Å². The highest BCUT2D eigenvalue weighted by atomic mass is 16.5. The van der Waals surface area contributed by atoms with Gasteiger partial charge in [-0.3, -0.25) is 24.1 Å². The number of nitrogens with zero attached hydrogens (tertiary/aromatic N) is 1. The Labute approximate surface area is 277 Å². The number of amides is 2. The van der Waals surface area contributed by atoms with E-state index in [1.54, 1.807) is 37.3 Å². The molecule has 2 N–H and O–H groups in total. The SMILES string of the molecule is COc1cc(C=C[C@H]2C3=CC[C@@H]4C(=O)N(c5ccc(Nc6ccccc6)cc5)C(=O)[C@@H]4[C@@H]3CC3=C2C(=O)C=C(C)C3=O)cc(OC)c1O. The van der Waals surface area contributed by atoms with E-state index in [0.717, 1.165) is 16.9 Å². The Morgan fingerprint density at radius 3 is 2.21 bits per heavy atom. The highest BCUT2D eigenvalue weighted by Crippen LogP contribution is 2.53. The number of ether oxygens (including phenoxy) is 2. The maximum absolute atomic E-state index is 14.2. The summed E-state index contributed by atoms with van der Waals surface area (Å²) in [7, 11) is 2.88. The number of carbonyl (C=O) groups is 4. The molecule has 0 bridgehead atoms. The summed E-state index contributed by atoms with van der Waals surface area (Å²) < 4.78 is 10.6. The molecule has 48 heavy (non-hydrogen) atoms. The summed E-state index contributed by atoms with van der Waals surface area (Å²) in [6.45, 7) is 1.63. The van der Waals surface area contributed by atoms with Gasteiger partial charge in [-0.15, -0.1) is 0 Å². The van der Waals surface area contributed by atoms with Gasteiger partial charge >= 0.3 is 0 Å². The van der Waals surface area contributed by atoms with E-state index in [1.165, 1.54) is 25.2 Å². The smallest absolute Gasteiger partial charge is 0.238 e. The van der Waals surface area contributed by atoms with Gasteiger partial charge in [-0.25, -0.2) is 0 Å². The summed E-state index contributed by atoms with van der Waals surface area (Å²) in [6, 6.07) is 20.2. The number of hydrogen-bond donors (Lipinski definition) is 2. The molecule has 0 saturated carbocycles. The average Bonchev–Trinajstić information content (AvgIpc) is 3.36. The van der Waals surface area contributed by atoms with Crippen LogP contribution in [0.1, 0.15) is 25.3 Å². The third-order valence-electron chi connectivity index (χ3n) is 9.78. The Bertz CT molecular complexity index is 1960. The first-order valence-electron chi connectivity index (χ1n) is 15.8. The van der Waals surface area contributed by atoms with Crippen molar-refractivity contribution in [3.05, 3.63) is 113 Å². The van der Waals surface area contributed by atoms with Crippen LogP contribution in [-0.4, -0.2) is 42.7 Å². The van der Waals surface area contributed by atoms with Crippen LogP contribution in [0.15, 0.2) is 107 Å². The lowest BCUT2D eigenvalue weighted by Crippen LogP contribution is -2.40. The van der Waals surface area contributed by atoms with E-state index in [-0.39, 0.29) is 47.1 Å². The maximum atomic E-state index is 14.2. The van der Waals surface area contributed by atoms with Crippen LogP contribution in [-0.2, 0) is 19.2 Å². The Morgan fingerprint density at radius 2 is 1.54 bits per heavy atom. The molecule has 7 rings (SSSR count). The Kier molecular flexibility index (Phi) is 7.83. The van der Waals surface area contributed by atoms with Crippen LogP contribution in [0.25, 0.3) is 6.08 Å². The lowest BCUT2D eigenvalue weighted by Gasteiger charge is -2.41. The number of methoxy groups -OCH3 is 2. The number of benzene rings is 3. The average molecular weight is 643 g/mol. The summed E-state index contributed by atoms with van der Waals surface area (Å²) in [4.78, 5) is 56.4. The van der Waals surface area contributed by atoms with Gasteiger partial charge in [0.25, 0.3) is 0 Å². The van der Waals surface area contributed by atoms with E-state index >= 15 is 0 Å². The Balaban J connectivity index is 1.23. The van der Waals surface area contributed by atoms with Gasteiger partial charge in [-0.2, -0.15) is 0 Å². The minimum atomic E-state index is -0.674. The molecule has 3 aromatic carbocycles. The highest BCUT2D eigenvalue weighted by molar-refractivity contribution is 6.24. The van der Waals surface area contributed by atoms with Gasteiger partial charge < -0.3 is 19.9 Å². The molecule has 9 heteroatoms. The molecule has 3 aliphatic carbocycles. The molecular weight excluding hydrogens is 608 g/mol. The molecule has 0 radical (unpaired) electrons. The number of ketones is 2. The largest absolute Gasteiger partial charge is 0.502 e. The third-order valence-corrected chi connectivity index (χ3v) is 9.78. The first-order chi connectivity index (χ1) is 23.2. The number of rotatable bonds is 7. The van der Waals surface area contributed by atoms with Crippen molar-refractivity contribution < 1.29 is 33.8 Å². The zero-order valence-electron chi connectivity index (χ0n) is 26.7. The van der Waals surface area contributed by atoms with Crippen molar-refractivity contribution in [3.8, 4) is 17.2 Å². The maximum Gasteiger partial charge on any atom is 0.238 e. The lowest BCUT2D eigenvalue weighted by atomic mass is 9.60. The monoisotopic (exact) mass is 642 g/mol. The van der Waals surface area contributed by atoms with Gasteiger partial charge in [0.1, 0.15) is 0 Å². The molecule has 3 aromatic rings. The van der Waals surface area contributed by atoms with E-state index in [0.29, 0.717) is 34.4 Å².